The SMILES string of the molecule is CN1CCC(Nc2nc3ccccc3[nH]2)CC1.O. The van der Waals surface area contributed by atoms with Crippen molar-refractivity contribution in [2.75, 3.05) is 25.5 Å². The number of H-pyrrole nitrogens is 1. The second kappa shape index (κ2) is 5.37. The number of hydrogen-bond acceptors (Lipinski definition) is 3. The first-order chi connectivity index (χ1) is 8.31. The quantitative estimate of drug-likeness (QED) is 0.839. The number of anilines is 1. The molecular formula is C13H20N4O. The number of hydrogen-bond donors (Lipinski definition) is 2. The van der Waals surface area contributed by atoms with Crippen LogP contribution in [-0.2, 0) is 0 Å². The molecule has 1 aliphatic heterocycles. The Morgan fingerprint density at radius 1 is 1.28 bits per heavy atom. The number of piperidine rings is 1. The molecule has 4 N–H and O–H groups in total. The molecule has 18 heavy (non-hydrogen) atoms. The number of nitrogens with one attached hydrogen (secondary N) is 2. The van der Waals surface area contributed by atoms with Crippen LogP contribution in [0.3, 0.4) is 0 Å². The number of imidazole rings is 1. The van der Waals surface area contributed by atoms with Gasteiger partial charge in [0.05, 0.1) is 11.0 Å². The van der Waals surface area contributed by atoms with Crippen LogP contribution in [-0.4, -0.2) is 46.5 Å². The molecule has 1 saturated heterocycles. The maximum Gasteiger partial charge on any atom is 0.201 e. The van der Waals surface area contributed by atoms with Gasteiger partial charge >= 0.3 is 0 Å². The van der Waals surface area contributed by atoms with Crippen molar-refractivity contribution in [3.8, 4) is 0 Å². The Labute approximate surface area is 107 Å². The van der Waals surface area contributed by atoms with E-state index in [9.17, 15) is 0 Å². The highest BCUT2D eigenvalue weighted by atomic mass is 16.0. The summed E-state index contributed by atoms with van der Waals surface area (Å²) in [6.45, 7) is 2.33. The molecule has 5 nitrogen and oxygen atoms in total. The fourth-order valence-electron chi connectivity index (χ4n) is 2.37. The predicted octanol–water partition coefficient (Wildman–Crippen LogP) is 1.24. The third-order valence-electron chi connectivity index (χ3n) is 3.45. The maximum absolute atomic E-state index is 4.55. The van der Waals surface area contributed by atoms with Crippen LogP contribution in [0.4, 0.5) is 5.95 Å². The Kier molecular flexibility index (Phi) is 3.84. The number of para-hydroxylation sites is 2. The van der Waals surface area contributed by atoms with Gasteiger partial charge in [-0.3, -0.25) is 0 Å². The lowest BCUT2D eigenvalue weighted by Crippen LogP contribution is -2.36. The minimum absolute atomic E-state index is 0. The lowest BCUT2D eigenvalue weighted by molar-refractivity contribution is 0.263. The average molecular weight is 248 g/mol. The van der Waals surface area contributed by atoms with Gasteiger partial charge in [0.2, 0.25) is 5.95 Å². The third kappa shape index (κ3) is 2.63. The Hall–Kier alpha value is -1.59. The van der Waals surface area contributed by atoms with E-state index in [1.165, 1.54) is 12.8 Å². The topological polar surface area (TPSA) is 75.5 Å². The van der Waals surface area contributed by atoms with Crippen molar-refractivity contribution in [3.63, 3.8) is 0 Å². The zero-order valence-electron chi connectivity index (χ0n) is 10.6. The van der Waals surface area contributed by atoms with Crippen molar-refractivity contribution in [3.05, 3.63) is 24.3 Å². The normalized spacial score (nSPS) is 17.6. The molecule has 1 aliphatic rings. The fourth-order valence-corrected chi connectivity index (χ4v) is 2.37. The molecule has 1 fully saturated rings. The van der Waals surface area contributed by atoms with Crippen molar-refractivity contribution in [2.24, 2.45) is 0 Å². The van der Waals surface area contributed by atoms with Crippen LogP contribution in [0.15, 0.2) is 24.3 Å². The molecule has 2 heterocycles. The number of nitrogens with zero attached hydrogens (tertiary/aromatic N) is 2. The summed E-state index contributed by atoms with van der Waals surface area (Å²) in [5.41, 5.74) is 2.13. The van der Waals surface area contributed by atoms with E-state index >= 15 is 0 Å². The number of rotatable bonds is 2. The summed E-state index contributed by atoms with van der Waals surface area (Å²) < 4.78 is 0. The zero-order valence-corrected chi connectivity index (χ0v) is 10.6. The molecule has 1 aromatic carbocycles. The molecule has 0 spiro atoms. The van der Waals surface area contributed by atoms with Gasteiger partial charge in [0.15, 0.2) is 0 Å². The molecule has 3 rings (SSSR count). The van der Waals surface area contributed by atoms with Gasteiger partial charge in [0.25, 0.3) is 0 Å². The van der Waals surface area contributed by atoms with Gasteiger partial charge < -0.3 is 20.7 Å². The van der Waals surface area contributed by atoms with Crippen molar-refractivity contribution >= 4 is 17.0 Å². The van der Waals surface area contributed by atoms with E-state index in [2.05, 4.69) is 33.3 Å². The number of aromatic nitrogens is 2. The highest BCUT2D eigenvalue weighted by Gasteiger charge is 2.17. The summed E-state index contributed by atoms with van der Waals surface area (Å²) in [7, 11) is 2.18. The van der Waals surface area contributed by atoms with E-state index in [0.29, 0.717) is 6.04 Å². The number of aromatic amines is 1. The Bertz CT molecular complexity index is 469. The predicted molar refractivity (Wildman–Crippen MR) is 73.8 cm³/mol. The fraction of sp³-hybridized carbons (Fsp3) is 0.462. The molecule has 2 aromatic rings. The first-order valence-electron chi connectivity index (χ1n) is 6.21. The summed E-state index contributed by atoms with van der Waals surface area (Å²) in [6.07, 6.45) is 2.38. The number of fused-ring (bicyclic) bond motifs is 1. The second-order valence-corrected chi connectivity index (χ2v) is 4.82. The number of benzene rings is 1. The summed E-state index contributed by atoms with van der Waals surface area (Å²) in [5.74, 6) is 0.903. The first kappa shape index (κ1) is 12.9. The zero-order chi connectivity index (χ0) is 11.7. The summed E-state index contributed by atoms with van der Waals surface area (Å²) in [6, 6.07) is 8.68. The van der Waals surface area contributed by atoms with Crippen LogP contribution in [0.5, 0.6) is 0 Å². The molecular weight excluding hydrogens is 228 g/mol. The van der Waals surface area contributed by atoms with Gasteiger partial charge in [0, 0.05) is 6.04 Å². The Morgan fingerprint density at radius 3 is 2.72 bits per heavy atom. The van der Waals surface area contributed by atoms with Crippen molar-refractivity contribution < 1.29 is 5.48 Å². The van der Waals surface area contributed by atoms with E-state index in [1.54, 1.807) is 0 Å². The second-order valence-electron chi connectivity index (χ2n) is 4.82. The maximum atomic E-state index is 4.55. The molecule has 0 radical (unpaired) electrons. The van der Waals surface area contributed by atoms with Gasteiger partial charge in [0.1, 0.15) is 0 Å². The summed E-state index contributed by atoms with van der Waals surface area (Å²) >= 11 is 0. The van der Waals surface area contributed by atoms with E-state index in [-0.39, 0.29) is 5.48 Å². The third-order valence-corrected chi connectivity index (χ3v) is 3.45. The van der Waals surface area contributed by atoms with E-state index in [4.69, 9.17) is 0 Å². The molecule has 0 saturated carbocycles. The lowest BCUT2D eigenvalue weighted by Gasteiger charge is -2.29. The molecule has 0 amide bonds. The van der Waals surface area contributed by atoms with Crippen LogP contribution in [0.25, 0.3) is 11.0 Å². The van der Waals surface area contributed by atoms with E-state index in [0.717, 1.165) is 30.1 Å². The van der Waals surface area contributed by atoms with Crippen LogP contribution in [0.1, 0.15) is 12.8 Å². The van der Waals surface area contributed by atoms with Crippen LogP contribution in [0.2, 0.25) is 0 Å². The number of likely N-dealkylation sites (tertiary alicyclic amines) is 1. The molecule has 0 bridgehead atoms. The lowest BCUT2D eigenvalue weighted by atomic mass is 10.1. The largest absolute Gasteiger partial charge is 0.412 e. The van der Waals surface area contributed by atoms with Gasteiger partial charge in [-0.1, -0.05) is 12.1 Å². The van der Waals surface area contributed by atoms with E-state index < -0.39 is 0 Å². The average Bonchev–Trinajstić information content (AvgIpc) is 2.74. The van der Waals surface area contributed by atoms with Gasteiger partial charge in [-0.25, -0.2) is 4.98 Å². The highest BCUT2D eigenvalue weighted by Crippen LogP contribution is 2.17. The minimum atomic E-state index is 0. The van der Waals surface area contributed by atoms with Crippen molar-refractivity contribution in [1.82, 2.24) is 14.9 Å². The first-order valence-corrected chi connectivity index (χ1v) is 6.21. The highest BCUT2D eigenvalue weighted by molar-refractivity contribution is 5.77. The van der Waals surface area contributed by atoms with Gasteiger partial charge in [-0.15, -0.1) is 0 Å². The van der Waals surface area contributed by atoms with Crippen LogP contribution in [0, 0.1) is 0 Å². The molecule has 0 atom stereocenters. The standard InChI is InChI=1S/C13H18N4.H2O/c1-17-8-6-10(7-9-17)14-13-15-11-4-2-3-5-12(11)16-13;/h2-5,10H,6-9H2,1H3,(H2,14,15,16);1H2. The smallest absolute Gasteiger partial charge is 0.201 e. The molecule has 0 aliphatic carbocycles. The van der Waals surface area contributed by atoms with E-state index in [1.807, 2.05) is 18.2 Å². The van der Waals surface area contributed by atoms with Crippen LogP contribution < -0.4 is 5.32 Å². The monoisotopic (exact) mass is 248 g/mol. The molecule has 98 valence electrons. The van der Waals surface area contributed by atoms with Gasteiger partial charge in [-0.05, 0) is 45.1 Å². The Morgan fingerprint density at radius 2 is 2.00 bits per heavy atom. The van der Waals surface area contributed by atoms with Crippen molar-refractivity contribution in [1.29, 1.82) is 0 Å². The molecule has 0 unspecified atom stereocenters. The summed E-state index contributed by atoms with van der Waals surface area (Å²) in [5, 5.41) is 3.50. The minimum Gasteiger partial charge on any atom is -0.412 e. The van der Waals surface area contributed by atoms with Gasteiger partial charge in [-0.2, -0.15) is 0 Å². The van der Waals surface area contributed by atoms with Crippen molar-refractivity contribution in [2.45, 2.75) is 18.9 Å². The molecule has 1 aromatic heterocycles. The van der Waals surface area contributed by atoms with Crippen LogP contribution >= 0.6 is 0 Å². The Balaban J connectivity index is 0.00000120. The summed E-state index contributed by atoms with van der Waals surface area (Å²) in [4.78, 5) is 10.2. The molecule has 5 heteroatoms.